The van der Waals surface area contributed by atoms with E-state index in [2.05, 4.69) is 60.8 Å². The largest absolute Gasteiger partial charge is 0.394 e. The molecule has 0 radical (unpaired) electrons. The second kappa shape index (κ2) is 45.4. The van der Waals surface area contributed by atoms with Crippen LogP contribution in [0.2, 0.25) is 0 Å². The lowest BCUT2D eigenvalue weighted by Crippen LogP contribution is -2.53. The zero-order valence-corrected chi connectivity index (χ0v) is 37.6. The monoisotopic (exact) mass is 802 g/mol. The molecule has 5 N–H and O–H groups in total. The zero-order chi connectivity index (χ0) is 41.7. The summed E-state index contributed by atoms with van der Waals surface area (Å²) in [5.41, 5.74) is 0. The lowest BCUT2D eigenvalue weighted by molar-refractivity contribution is -0.132. The van der Waals surface area contributed by atoms with Gasteiger partial charge in [-0.3, -0.25) is 4.79 Å². The molecule has 0 bridgehead atoms. The number of allylic oxidation sites excluding steroid dienone is 8. The summed E-state index contributed by atoms with van der Waals surface area (Å²) in [5.74, 6) is -0.601. The number of nitrogens with one attached hydrogen (secondary N) is 1. The molecule has 0 saturated heterocycles. The molecule has 4 atom stereocenters. The smallest absolute Gasteiger partial charge is 0.249 e. The molecule has 0 aromatic rings. The van der Waals surface area contributed by atoms with Gasteiger partial charge in [-0.1, -0.05) is 203 Å². The second-order valence-corrected chi connectivity index (χ2v) is 16.8. The van der Waals surface area contributed by atoms with E-state index in [0.717, 1.165) is 51.4 Å². The Kier molecular flexibility index (Phi) is 44.0. The van der Waals surface area contributed by atoms with E-state index in [0.29, 0.717) is 19.3 Å². The van der Waals surface area contributed by atoms with E-state index in [1.807, 2.05) is 6.92 Å². The van der Waals surface area contributed by atoms with Gasteiger partial charge in [0.1, 0.15) is 12.2 Å². The average Bonchev–Trinajstić information content (AvgIpc) is 3.22. The van der Waals surface area contributed by atoms with Crippen molar-refractivity contribution in [3.8, 4) is 0 Å². The Hall–Kier alpha value is -1.73. The Morgan fingerprint density at radius 2 is 0.807 bits per heavy atom. The van der Waals surface area contributed by atoms with Crippen LogP contribution in [-0.4, -0.2) is 57.3 Å². The highest BCUT2D eigenvalue weighted by atomic mass is 16.3. The molecule has 334 valence electrons. The van der Waals surface area contributed by atoms with Gasteiger partial charge in [-0.15, -0.1) is 0 Å². The van der Waals surface area contributed by atoms with E-state index in [4.69, 9.17) is 0 Å². The molecule has 0 heterocycles. The standard InChI is InChI=1S/C51H95NO5/c1-3-5-7-9-11-13-15-17-18-19-20-21-22-23-24-25-26-27-28-29-30-31-32-33-35-37-39-41-43-45-49(55)51(57)52-47(46-53)50(56)48(54)44-42-40-38-36-34-16-14-12-10-8-6-4-2/h4,6,12,14,23-24,36,38,47-50,53-56H,3,5,7-11,13,15-22,25-35,37,39-46H2,1-2H3,(H,52,57)/b6-4+,14-12+,24-23-,38-36+. The number of aliphatic hydroxyl groups excluding tert-OH is 4. The molecule has 6 heteroatoms. The van der Waals surface area contributed by atoms with Crippen molar-refractivity contribution in [3.63, 3.8) is 0 Å². The first-order valence-corrected chi connectivity index (χ1v) is 24.5. The van der Waals surface area contributed by atoms with E-state index in [1.165, 1.54) is 154 Å². The third-order valence-corrected chi connectivity index (χ3v) is 11.3. The molecular weight excluding hydrogens is 707 g/mol. The molecule has 0 aromatic heterocycles. The maximum Gasteiger partial charge on any atom is 0.249 e. The molecule has 0 aliphatic heterocycles. The van der Waals surface area contributed by atoms with Gasteiger partial charge in [-0.2, -0.15) is 0 Å². The number of rotatable bonds is 44. The van der Waals surface area contributed by atoms with E-state index >= 15 is 0 Å². The summed E-state index contributed by atoms with van der Waals surface area (Å²) in [7, 11) is 0. The van der Waals surface area contributed by atoms with Crippen LogP contribution < -0.4 is 5.32 Å². The normalized spacial score (nSPS) is 14.4. The van der Waals surface area contributed by atoms with Gasteiger partial charge in [0, 0.05) is 0 Å². The summed E-state index contributed by atoms with van der Waals surface area (Å²) in [6.45, 7) is 3.82. The van der Waals surface area contributed by atoms with Crippen molar-refractivity contribution in [3.05, 3.63) is 48.6 Å². The van der Waals surface area contributed by atoms with Gasteiger partial charge in [0.05, 0.1) is 18.8 Å². The van der Waals surface area contributed by atoms with Crippen LogP contribution in [0.1, 0.15) is 239 Å². The predicted molar refractivity (Wildman–Crippen MR) is 247 cm³/mol. The molecule has 1 amide bonds. The molecule has 6 nitrogen and oxygen atoms in total. The highest BCUT2D eigenvalue weighted by Crippen LogP contribution is 2.16. The topological polar surface area (TPSA) is 110 Å². The molecule has 57 heavy (non-hydrogen) atoms. The Labute approximate surface area is 353 Å². The molecule has 0 saturated carbocycles. The molecule has 4 unspecified atom stereocenters. The number of carbonyl (C=O) groups excluding carboxylic acids is 1. The van der Waals surface area contributed by atoms with Gasteiger partial charge in [0.2, 0.25) is 5.91 Å². The Balaban J connectivity index is 3.63. The maximum absolute atomic E-state index is 12.5. The average molecular weight is 802 g/mol. The second-order valence-electron chi connectivity index (χ2n) is 16.8. The van der Waals surface area contributed by atoms with E-state index < -0.39 is 36.9 Å². The third kappa shape index (κ3) is 39.5. The van der Waals surface area contributed by atoms with Crippen molar-refractivity contribution < 1.29 is 25.2 Å². The summed E-state index contributed by atoms with van der Waals surface area (Å²) >= 11 is 0. The first-order valence-electron chi connectivity index (χ1n) is 24.5. The predicted octanol–water partition coefficient (Wildman–Crippen LogP) is 13.5. The minimum Gasteiger partial charge on any atom is -0.394 e. The molecule has 0 aromatic carbocycles. The third-order valence-electron chi connectivity index (χ3n) is 11.3. The van der Waals surface area contributed by atoms with Crippen LogP contribution >= 0.6 is 0 Å². The van der Waals surface area contributed by atoms with Crippen molar-refractivity contribution in [1.82, 2.24) is 5.32 Å². The first-order chi connectivity index (χ1) is 28.0. The van der Waals surface area contributed by atoms with Crippen molar-refractivity contribution >= 4 is 5.91 Å². The van der Waals surface area contributed by atoms with Crippen molar-refractivity contribution in [2.24, 2.45) is 0 Å². The van der Waals surface area contributed by atoms with Crippen LogP contribution in [-0.2, 0) is 4.79 Å². The van der Waals surface area contributed by atoms with Gasteiger partial charge in [0.15, 0.2) is 0 Å². The van der Waals surface area contributed by atoms with E-state index in [-0.39, 0.29) is 0 Å². The fourth-order valence-electron chi connectivity index (χ4n) is 7.44. The number of amides is 1. The number of aliphatic hydroxyl groups is 4. The lowest BCUT2D eigenvalue weighted by Gasteiger charge is -2.27. The fourth-order valence-corrected chi connectivity index (χ4v) is 7.44. The van der Waals surface area contributed by atoms with Gasteiger partial charge in [0.25, 0.3) is 0 Å². The summed E-state index contributed by atoms with van der Waals surface area (Å²) in [5, 5.41) is 43.6. The highest BCUT2D eigenvalue weighted by molar-refractivity contribution is 5.80. The van der Waals surface area contributed by atoms with Crippen molar-refractivity contribution in [2.75, 3.05) is 6.61 Å². The fraction of sp³-hybridized carbons (Fsp3) is 0.824. The molecule has 0 aliphatic rings. The maximum atomic E-state index is 12.5. The quantitative estimate of drug-likeness (QED) is 0.0311. The Morgan fingerprint density at radius 1 is 0.456 bits per heavy atom. The van der Waals surface area contributed by atoms with E-state index in [9.17, 15) is 25.2 Å². The summed E-state index contributed by atoms with van der Waals surface area (Å²) in [4.78, 5) is 12.5. The van der Waals surface area contributed by atoms with Gasteiger partial charge in [-0.25, -0.2) is 0 Å². The molecule has 0 spiro atoms. The van der Waals surface area contributed by atoms with Crippen molar-refractivity contribution in [2.45, 2.75) is 263 Å². The summed E-state index contributed by atoms with van der Waals surface area (Å²) in [6.07, 6.45) is 56.2. The number of hydrogen-bond acceptors (Lipinski definition) is 5. The molecule has 0 aliphatic carbocycles. The van der Waals surface area contributed by atoms with Crippen molar-refractivity contribution in [1.29, 1.82) is 0 Å². The number of carbonyl (C=O) groups is 1. The van der Waals surface area contributed by atoms with Crippen LogP contribution in [0, 0.1) is 0 Å². The molecule has 0 fully saturated rings. The highest BCUT2D eigenvalue weighted by Gasteiger charge is 2.28. The summed E-state index contributed by atoms with van der Waals surface area (Å²) < 4.78 is 0. The Morgan fingerprint density at radius 3 is 1.21 bits per heavy atom. The van der Waals surface area contributed by atoms with Crippen LogP contribution in [0.15, 0.2) is 48.6 Å². The summed E-state index contributed by atoms with van der Waals surface area (Å²) in [6, 6.07) is -1.01. The zero-order valence-electron chi connectivity index (χ0n) is 37.6. The first kappa shape index (κ1) is 55.3. The van der Waals surface area contributed by atoms with Gasteiger partial charge >= 0.3 is 0 Å². The Bertz CT molecular complexity index is 946. The van der Waals surface area contributed by atoms with Gasteiger partial charge < -0.3 is 25.7 Å². The van der Waals surface area contributed by atoms with Crippen LogP contribution in [0.4, 0.5) is 0 Å². The minimum absolute atomic E-state index is 0.358. The van der Waals surface area contributed by atoms with E-state index in [1.54, 1.807) is 0 Å². The molecular formula is C51H95NO5. The van der Waals surface area contributed by atoms with Crippen LogP contribution in [0.5, 0.6) is 0 Å². The SMILES string of the molecule is C/C=C/CC/C=C/CC/C=C/CCCC(O)C(O)C(CO)NC(=O)C(O)CCCCCCCCCCCCCCC/C=C\CCCCCCCCCCCCCC. The molecule has 0 rings (SSSR count). The van der Waals surface area contributed by atoms with Crippen LogP contribution in [0.3, 0.4) is 0 Å². The van der Waals surface area contributed by atoms with Gasteiger partial charge in [-0.05, 0) is 84.0 Å². The number of unbranched alkanes of at least 4 members (excludes halogenated alkanes) is 28. The minimum atomic E-state index is -1.29. The lowest BCUT2D eigenvalue weighted by atomic mass is 10.00. The van der Waals surface area contributed by atoms with Crippen LogP contribution in [0.25, 0.3) is 0 Å². The number of hydrogen-bond donors (Lipinski definition) is 5.